The van der Waals surface area contributed by atoms with E-state index in [0.717, 1.165) is 30.5 Å². The molecule has 0 aliphatic carbocycles. The molecule has 0 aliphatic rings. The molecule has 0 bridgehead atoms. The number of rotatable bonds is 7. The summed E-state index contributed by atoms with van der Waals surface area (Å²) in [6.45, 7) is 7.03. The molecule has 0 radical (unpaired) electrons. The molecule has 0 amide bonds. The quantitative estimate of drug-likeness (QED) is 0.726. The second-order valence-corrected chi connectivity index (χ2v) is 8.48. The minimum atomic E-state index is -2.36. The smallest absolute Gasteiger partial charge is 0.180 e. The number of nitrogens with zero attached hydrogens (tertiary/aromatic N) is 2. The number of hydrogen-bond donors (Lipinski definition) is 0. The maximum Gasteiger partial charge on any atom is 0.180 e. The highest BCUT2D eigenvalue weighted by Gasteiger charge is 2.28. The molecule has 20 heavy (non-hydrogen) atoms. The van der Waals surface area contributed by atoms with Crippen LogP contribution in [-0.2, 0) is 11.1 Å². The van der Waals surface area contributed by atoms with Crippen LogP contribution in [0.2, 0.25) is 0 Å². The zero-order chi connectivity index (χ0) is 14.6. The fraction of sp³-hybridized carbons (Fsp3) is 0.533. The highest BCUT2D eigenvalue weighted by atomic mass is 31.2. The molecular weight excluding hydrogens is 271 g/mol. The van der Waals surface area contributed by atoms with Crippen molar-refractivity contribution in [2.24, 2.45) is 0 Å². The minimum absolute atomic E-state index is 0.658. The molecule has 0 saturated carbocycles. The van der Waals surface area contributed by atoms with E-state index in [9.17, 15) is 4.57 Å². The van der Waals surface area contributed by atoms with Crippen molar-refractivity contribution in [2.45, 2.75) is 40.2 Å². The molecular formula is C15H23N2O2P. The van der Waals surface area contributed by atoms with Gasteiger partial charge in [0.05, 0.1) is 11.6 Å². The van der Waals surface area contributed by atoms with Crippen molar-refractivity contribution in [1.29, 1.82) is 0 Å². The predicted molar refractivity (Wildman–Crippen MR) is 83.2 cm³/mol. The lowest BCUT2D eigenvalue weighted by Gasteiger charge is -2.14. The monoisotopic (exact) mass is 294 g/mol. The van der Waals surface area contributed by atoms with Crippen LogP contribution in [0.4, 0.5) is 0 Å². The Morgan fingerprint density at radius 3 is 2.70 bits per heavy atom. The lowest BCUT2D eigenvalue weighted by atomic mass is 10.3. The van der Waals surface area contributed by atoms with Gasteiger partial charge in [-0.1, -0.05) is 27.2 Å². The largest absolute Gasteiger partial charge is 0.460 e. The third-order valence-electron chi connectivity index (χ3n) is 3.78. The summed E-state index contributed by atoms with van der Waals surface area (Å²) in [4.78, 5) is 4.40. The summed E-state index contributed by atoms with van der Waals surface area (Å²) in [6.07, 6.45) is 8.91. The van der Waals surface area contributed by atoms with Crippen LogP contribution in [0.25, 0.3) is 11.6 Å². The lowest BCUT2D eigenvalue weighted by molar-refractivity contribution is 0.562. The standard InChI is InChI=1S/C15H23N2O2P/c1-4-7-10-17-11-9-16-15(17)14-13(8-12-19-14)20(18,5-2)6-3/h8-9,11-12H,4-7,10H2,1-3H3. The van der Waals surface area contributed by atoms with Crippen LogP contribution in [0, 0.1) is 0 Å². The average Bonchev–Trinajstić information content (AvgIpc) is 3.12. The first kappa shape index (κ1) is 15.1. The van der Waals surface area contributed by atoms with E-state index >= 15 is 0 Å². The topological polar surface area (TPSA) is 48.0 Å². The van der Waals surface area contributed by atoms with Gasteiger partial charge < -0.3 is 13.5 Å². The SMILES string of the molecule is CCCCn1ccnc1-c1occc1P(=O)(CC)CC. The molecule has 0 atom stereocenters. The van der Waals surface area contributed by atoms with Gasteiger partial charge in [-0.2, -0.15) is 0 Å². The molecule has 0 aliphatic heterocycles. The van der Waals surface area contributed by atoms with Crippen LogP contribution in [0.1, 0.15) is 33.6 Å². The first-order valence-corrected chi connectivity index (χ1v) is 9.41. The Kier molecular flexibility index (Phi) is 4.87. The van der Waals surface area contributed by atoms with Crippen LogP contribution < -0.4 is 5.30 Å². The average molecular weight is 294 g/mol. The van der Waals surface area contributed by atoms with Gasteiger partial charge in [0.25, 0.3) is 0 Å². The Balaban J connectivity index is 2.43. The molecule has 110 valence electrons. The van der Waals surface area contributed by atoms with E-state index < -0.39 is 7.14 Å². The molecule has 2 heterocycles. The number of hydrogen-bond acceptors (Lipinski definition) is 3. The Hall–Kier alpha value is -1.28. The van der Waals surface area contributed by atoms with Crippen molar-refractivity contribution in [2.75, 3.05) is 12.3 Å². The Labute approximate surface area is 120 Å². The zero-order valence-electron chi connectivity index (χ0n) is 12.5. The summed E-state index contributed by atoms with van der Waals surface area (Å²) >= 11 is 0. The Morgan fingerprint density at radius 2 is 2.05 bits per heavy atom. The van der Waals surface area contributed by atoms with Gasteiger partial charge in [0.1, 0.15) is 7.14 Å². The van der Waals surface area contributed by atoms with E-state index in [-0.39, 0.29) is 0 Å². The molecule has 5 heteroatoms. The van der Waals surface area contributed by atoms with Gasteiger partial charge in [0.15, 0.2) is 11.6 Å². The summed E-state index contributed by atoms with van der Waals surface area (Å²) in [6, 6.07) is 1.85. The van der Waals surface area contributed by atoms with Crippen molar-refractivity contribution in [1.82, 2.24) is 9.55 Å². The number of aryl methyl sites for hydroxylation is 1. The van der Waals surface area contributed by atoms with Crippen molar-refractivity contribution >= 4 is 12.4 Å². The van der Waals surface area contributed by atoms with E-state index in [0.29, 0.717) is 18.1 Å². The number of imidazole rings is 1. The molecule has 0 spiro atoms. The summed E-state index contributed by atoms with van der Waals surface area (Å²) in [5.74, 6) is 1.47. The molecule has 2 rings (SSSR count). The zero-order valence-corrected chi connectivity index (χ0v) is 13.4. The van der Waals surface area contributed by atoms with Crippen molar-refractivity contribution < 1.29 is 8.98 Å². The van der Waals surface area contributed by atoms with E-state index in [2.05, 4.69) is 16.5 Å². The Morgan fingerprint density at radius 1 is 1.30 bits per heavy atom. The van der Waals surface area contributed by atoms with Gasteiger partial charge in [0, 0.05) is 31.3 Å². The van der Waals surface area contributed by atoms with Gasteiger partial charge in [-0.15, -0.1) is 0 Å². The Bertz CT molecular complexity index is 593. The number of aromatic nitrogens is 2. The molecule has 4 nitrogen and oxygen atoms in total. The molecule has 2 aromatic rings. The molecule has 0 fully saturated rings. The van der Waals surface area contributed by atoms with Crippen molar-refractivity contribution in [3.05, 3.63) is 24.7 Å². The van der Waals surface area contributed by atoms with Crippen LogP contribution in [-0.4, -0.2) is 21.9 Å². The third-order valence-corrected chi connectivity index (χ3v) is 7.05. The highest BCUT2D eigenvalue weighted by molar-refractivity contribution is 7.71. The molecule has 0 saturated heterocycles. The predicted octanol–water partition coefficient (Wildman–Crippen LogP) is 3.97. The van der Waals surface area contributed by atoms with Gasteiger partial charge in [0.2, 0.25) is 0 Å². The molecule has 2 aromatic heterocycles. The third kappa shape index (κ3) is 2.76. The van der Waals surface area contributed by atoms with E-state index in [1.807, 2.05) is 26.1 Å². The van der Waals surface area contributed by atoms with Gasteiger partial charge in [-0.25, -0.2) is 4.98 Å². The first-order valence-electron chi connectivity index (χ1n) is 7.33. The second kappa shape index (κ2) is 6.45. The van der Waals surface area contributed by atoms with Crippen LogP contribution in [0.3, 0.4) is 0 Å². The molecule has 0 unspecified atom stereocenters. The van der Waals surface area contributed by atoms with Crippen molar-refractivity contribution in [3.8, 4) is 11.6 Å². The van der Waals surface area contributed by atoms with Crippen LogP contribution in [0.5, 0.6) is 0 Å². The van der Waals surface area contributed by atoms with Crippen LogP contribution >= 0.6 is 7.14 Å². The summed E-state index contributed by atoms with van der Waals surface area (Å²) in [5, 5.41) is 0.839. The minimum Gasteiger partial charge on any atom is -0.460 e. The van der Waals surface area contributed by atoms with E-state index in [4.69, 9.17) is 4.42 Å². The van der Waals surface area contributed by atoms with Gasteiger partial charge in [-0.3, -0.25) is 0 Å². The molecule has 0 N–H and O–H groups in total. The number of furan rings is 1. The highest BCUT2D eigenvalue weighted by Crippen LogP contribution is 2.46. The van der Waals surface area contributed by atoms with Crippen molar-refractivity contribution in [3.63, 3.8) is 0 Å². The molecule has 0 aromatic carbocycles. The summed E-state index contributed by atoms with van der Waals surface area (Å²) < 4.78 is 20.7. The summed E-state index contributed by atoms with van der Waals surface area (Å²) in [5.41, 5.74) is 0. The number of unbranched alkanes of at least 4 members (excludes halogenated alkanes) is 1. The summed E-state index contributed by atoms with van der Waals surface area (Å²) in [7, 11) is -2.36. The van der Waals surface area contributed by atoms with E-state index in [1.165, 1.54) is 0 Å². The van der Waals surface area contributed by atoms with Gasteiger partial charge in [-0.05, 0) is 12.5 Å². The lowest BCUT2D eigenvalue weighted by Crippen LogP contribution is -2.11. The van der Waals surface area contributed by atoms with Gasteiger partial charge >= 0.3 is 0 Å². The van der Waals surface area contributed by atoms with E-state index in [1.54, 1.807) is 12.5 Å². The first-order chi connectivity index (χ1) is 9.66. The fourth-order valence-corrected chi connectivity index (χ4v) is 4.37. The fourth-order valence-electron chi connectivity index (χ4n) is 2.38. The normalized spacial score (nSPS) is 11.9. The second-order valence-electron chi connectivity index (χ2n) is 4.95. The van der Waals surface area contributed by atoms with Crippen LogP contribution in [0.15, 0.2) is 29.1 Å². The maximum absolute atomic E-state index is 13.0. The maximum atomic E-state index is 13.0.